The van der Waals surface area contributed by atoms with Gasteiger partial charge in [0.05, 0.1) is 0 Å². The molecule has 1 N–H and O–H groups in total. The van der Waals surface area contributed by atoms with E-state index in [1.807, 2.05) is 6.20 Å². The number of benzene rings is 3. The average Bonchev–Trinajstić information content (AvgIpc) is 3.40. The fourth-order valence-corrected chi connectivity index (χ4v) is 6.89. The van der Waals surface area contributed by atoms with Crippen LogP contribution in [0, 0.1) is 0 Å². The lowest BCUT2D eigenvalue weighted by Gasteiger charge is -2.34. The fraction of sp³-hybridized carbons (Fsp3) is 0.297. The Kier molecular flexibility index (Phi) is 6.91. The molecular weight excluding hydrogens is 486 g/mol. The van der Waals surface area contributed by atoms with E-state index in [4.69, 9.17) is 0 Å². The minimum absolute atomic E-state index is 0.433. The molecule has 0 radical (unpaired) electrons. The molecule has 3 heterocycles. The van der Waals surface area contributed by atoms with Gasteiger partial charge in [-0.25, -0.2) is 0 Å². The monoisotopic (exact) mass is 525 g/mol. The van der Waals surface area contributed by atoms with Gasteiger partial charge in [-0.2, -0.15) is 0 Å². The van der Waals surface area contributed by atoms with Gasteiger partial charge in [-0.05, 0) is 108 Å². The van der Waals surface area contributed by atoms with Crippen LogP contribution in [-0.4, -0.2) is 38.1 Å². The van der Waals surface area contributed by atoms with E-state index in [1.54, 1.807) is 11.1 Å². The summed E-state index contributed by atoms with van der Waals surface area (Å²) in [5.41, 5.74) is 14.5. The van der Waals surface area contributed by atoms with Gasteiger partial charge < -0.3 is 15.1 Å². The van der Waals surface area contributed by atoms with E-state index < -0.39 is 0 Å². The molecule has 1 atom stereocenters. The van der Waals surface area contributed by atoms with Crippen molar-refractivity contribution in [1.82, 2.24) is 10.2 Å². The molecule has 0 amide bonds. The third-order valence-corrected chi connectivity index (χ3v) is 9.27. The van der Waals surface area contributed by atoms with Gasteiger partial charge in [0.1, 0.15) is 0 Å². The smallest absolute Gasteiger partial charge is 0.0367 e. The molecular formula is C37H39N3. The summed E-state index contributed by atoms with van der Waals surface area (Å²) in [7, 11) is 2.22. The van der Waals surface area contributed by atoms with Crippen LogP contribution < -0.4 is 10.2 Å². The Morgan fingerprint density at radius 1 is 0.750 bits per heavy atom. The number of nitrogens with one attached hydrogen (secondary N) is 1. The van der Waals surface area contributed by atoms with E-state index >= 15 is 0 Å². The summed E-state index contributed by atoms with van der Waals surface area (Å²) in [6.45, 7) is 4.53. The van der Waals surface area contributed by atoms with Crippen molar-refractivity contribution in [3.63, 3.8) is 0 Å². The second-order valence-electron chi connectivity index (χ2n) is 11.7. The first-order valence-corrected chi connectivity index (χ1v) is 15.0. The van der Waals surface area contributed by atoms with Gasteiger partial charge in [0.25, 0.3) is 0 Å². The van der Waals surface area contributed by atoms with Crippen molar-refractivity contribution in [3.05, 3.63) is 130 Å². The minimum Gasteiger partial charge on any atom is -0.369 e. The molecule has 6 aliphatic rings. The predicted octanol–water partition coefficient (Wildman–Crippen LogP) is 7.46. The molecule has 3 aliphatic heterocycles. The summed E-state index contributed by atoms with van der Waals surface area (Å²) in [6.07, 6.45) is 18.9. The molecule has 9 rings (SSSR count). The lowest BCUT2D eigenvalue weighted by atomic mass is 9.73. The first kappa shape index (κ1) is 25.2. The number of nitrogens with zero attached hydrogens (tertiary/aromatic N) is 2. The number of anilines is 1. The molecule has 202 valence electrons. The second-order valence-corrected chi connectivity index (χ2v) is 11.7. The summed E-state index contributed by atoms with van der Waals surface area (Å²) in [5.74, 6) is 0.433. The maximum atomic E-state index is 3.20. The quantitative estimate of drug-likeness (QED) is 0.375. The van der Waals surface area contributed by atoms with Crippen LogP contribution in [0.15, 0.2) is 102 Å². The van der Waals surface area contributed by atoms with Gasteiger partial charge in [-0.1, -0.05) is 66.8 Å². The number of piperazine rings is 1. The molecule has 0 saturated carbocycles. The Balaban J connectivity index is 0.000000249. The van der Waals surface area contributed by atoms with Gasteiger partial charge in [0.15, 0.2) is 0 Å². The summed E-state index contributed by atoms with van der Waals surface area (Å²) in [5, 5.41) is 3.20. The average molecular weight is 526 g/mol. The van der Waals surface area contributed by atoms with Crippen LogP contribution in [0.5, 0.6) is 0 Å². The number of likely N-dealkylation sites (N-methyl/N-ethyl adjacent to an activating group) is 1. The van der Waals surface area contributed by atoms with Crippen molar-refractivity contribution in [1.29, 1.82) is 0 Å². The third-order valence-electron chi connectivity index (χ3n) is 9.27. The van der Waals surface area contributed by atoms with Crippen LogP contribution in [-0.2, 0) is 12.8 Å². The molecule has 3 aliphatic carbocycles. The molecule has 3 nitrogen and oxygen atoms in total. The van der Waals surface area contributed by atoms with Crippen LogP contribution in [0.3, 0.4) is 0 Å². The molecule has 1 saturated heterocycles. The van der Waals surface area contributed by atoms with Crippen LogP contribution in [0.1, 0.15) is 53.0 Å². The zero-order valence-electron chi connectivity index (χ0n) is 23.6. The standard InChI is InChI=1S/C29H30N2.C8H9N/c1-30-16-18-31(19-17-30)23-13-10-22(11-14-23)28-20-29-24-7-3-2-6-21(24)12-15-27(29)25-8-4-5-9-26(25)28;1-3-8-4-2-7(1)5-6-9-8/h2,4-6,8-15,28H,3,7,16-20H2,1H3;1,3,5-6,9H,2,4H2. The Bertz CT molecular complexity index is 1510. The highest BCUT2D eigenvalue weighted by Gasteiger charge is 2.28. The highest BCUT2D eigenvalue weighted by atomic mass is 15.2. The highest BCUT2D eigenvalue weighted by Crippen LogP contribution is 2.45. The van der Waals surface area contributed by atoms with Crippen molar-refractivity contribution < 1.29 is 0 Å². The van der Waals surface area contributed by atoms with Gasteiger partial charge in [-0.15, -0.1) is 0 Å². The maximum Gasteiger partial charge on any atom is 0.0367 e. The topological polar surface area (TPSA) is 18.5 Å². The number of hydrogen-bond acceptors (Lipinski definition) is 3. The van der Waals surface area contributed by atoms with Crippen molar-refractivity contribution >= 4 is 11.8 Å². The molecule has 3 aromatic rings. The molecule has 1 fully saturated rings. The van der Waals surface area contributed by atoms with Crippen molar-refractivity contribution in [2.45, 2.75) is 38.0 Å². The lowest BCUT2D eigenvalue weighted by molar-refractivity contribution is 0.313. The van der Waals surface area contributed by atoms with E-state index in [2.05, 4.69) is 113 Å². The fourth-order valence-electron chi connectivity index (χ4n) is 6.89. The summed E-state index contributed by atoms with van der Waals surface area (Å²) in [4.78, 5) is 4.94. The van der Waals surface area contributed by atoms with Gasteiger partial charge in [0.2, 0.25) is 0 Å². The van der Waals surface area contributed by atoms with E-state index in [9.17, 15) is 0 Å². The Morgan fingerprint density at radius 3 is 2.42 bits per heavy atom. The Morgan fingerprint density at radius 2 is 1.60 bits per heavy atom. The number of rotatable bonds is 2. The third kappa shape index (κ3) is 4.95. The van der Waals surface area contributed by atoms with E-state index in [0.717, 1.165) is 39.0 Å². The van der Waals surface area contributed by atoms with Crippen LogP contribution in [0.25, 0.3) is 17.2 Å². The highest BCUT2D eigenvalue weighted by molar-refractivity contribution is 5.79. The molecule has 2 bridgehead atoms. The molecule has 40 heavy (non-hydrogen) atoms. The van der Waals surface area contributed by atoms with Gasteiger partial charge in [0, 0.05) is 49.7 Å². The van der Waals surface area contributed by atoms with Gasteiger partial charge in [-0.3, -0.25) is 0 Å². The Hall–Kier alpha value is -3.82. The number of fused-ring (bicyclic) bond motifs is 8. The van der Waals surface area contributed by atoms with Gasteiger partial charge >= 0.3 is 0 Å². The lowest BCUT2D eigenvalue weighted by Crippen LogP contribution is -2.44. The van der Waals surface area contributed by atoms with Crippen molar-refractivity contribution in [2.75, 3.05) is 38.1 Å². The second kappa shape index (κ2) is 11.0. The summed E-state index contributed by atoms with van der Waals surface area (Å²) in [6, 6.07) is 23.2. The molecule has 3 heteroatoms. The SMILES string of the molecule is C1=CC2=CC=C(CC2)N1.CN1CCN(c2ccc(C3Cc4c(ccc5c4CCC=C5)-c4ccccc43)cc2)CC1. The maximum absolute atomic E-state index is 3.20. The number of hydrogen-bond donors (Lipinski definition) is 1. The minimum atomic E-state index is 0.433. The summed E-state index contributed by atoms with van der Waals surface area (Å²) < 4.78 is 0. The first-order valence-electron chi connectivity index (χ1n) is 15.0. The zero-order chi connectivity index (χ0) is 26.9. The number of allylic oxidation sites excluding steroid dienone is 6. The normalized spacial score (nSPS) is 20.6. The van der Waals surface area contributed by atoms with Crippen LogP contribution in [0.4, 0.5) is 5.69 Å². The van der Waals surface area contributed by atoms with Crippen LogP contribution >= 0.6 is 0 Å². The zero-order valence-corrected chi connectivity index (χ0v) is 23.6. The summed E-state index contributed by atoms with van der Waals surface area (Å²) >= 11 is 0. The van der Waals surface area contributed by atoms with E-state index in [0.29, 0.717) is 5.92 Å². The molecule has 0 spiro atoms. The molecule has 3 aromatic carbocycles. The van der Waals surface area contributed by atoms with E-state index in [1.165, 1.54) is 64.0 Å². The predicted molar refractivity (Wildman–Crippen MR) is 169 cm³/mol. The molecule has 0 aromatic heterocycles. The largest absolute Gasteiger partial charge is 0.369 e. The van der Waals surface area contributed by atoms with E-state index in [-0.39, 0.29) is 0 Å². The molecule has 1 unspecified atom stereocenters. The van der Waals surface area contributed by atoms with Crippen molar-refractivity contribution in [3.8, 4) is 11.1 Å². The van der Waals surface area contributed by atoms with Crippen LogP contribution in [0.2, 0.25) is 0 Å². The Labute approximate surface area is 239 Å². The van der Waals surface area contributed by atoms with Crippen molar-refractivity contribution in [2.24, 2.45) is 0 Å². The first-order chi connectivity index (χ1) is 19.7.